The number of rotatable bonds is 7. The van der Waals surface area contributed by atoms with E-state index in [1.54, 1.807) is 19.1 Å². The van der Waals surface area contributed by atoms with Gasteiger partial charge in [0.15, 0.2) is 6.10 Å². The zero-order valence-electron chi connectivity index (χ0n) is 17.0. The standard InChI is InChI=1S/C23H23NO6/c1-13-17-9-10-19(29-15(3)22(27)24-12-20(25)26)14(2)21(17)30-23(28)18(13)11-16-7-5-4-6-8-16/h4-10,15H,11-12H2,1-3H3,(H,24,27)(H,25,26)/p-1/t15-/m0/s1. The molecule has 7 heteroatoms. The van der Waals surface area contributed by atoms with Gasteiger partial charge in [-0.1, -0.05) is 30.3 Å². The summed E-state index contributed by atoms with van der Waals surface area (Å²) in [6.45, 7) is 4.52. The zero-order chi connectivity index (χ0) is 21.8. The Kier molecular flexibility index (Phi) is 6.20. The van der Waals surface area contributed by atoms with Gasteiger partial charge in [0.1, 0.15) is 11.3 Å². The van der Waals surface area contributed by atoms with Gasteiger partial charge in [-0.2, -0.15) is 0 Å². The van der Waals surface area contributed by atoms with Crippen molar-refractivity contribution in [3.63, 3.8) is 0 Å². The average molecular weight is 408 g/mol. The summed E-state index contributed by atoms with van der Waals surface area (Å²) in [7, 11) is 0. The molecule has 0 aliphatic carbocycles. The van der Waals surface area contributed by atoms with Gasteiger partial charge in [0, 0.05) is 22.9 Å². The van der Waals surface area contributed by atoms with E-state index >= 15 is 0 Å². The molecule has 0 aliphatic rings. The van der Waals surface area contributed by atoms with Crippen molar-refractivity contribution in [3.05, 3.63) is 75.1 Å². The Morgan fingerprint density at radius 1 is 1.10 bits per heavy atom. The van der Waals surface area contributed by atoms with Crippen LogP contribution in [0.3, 0.4) is 0 Å². The molecule has 3 aromatic rings. The summed E-state index contributed by atoms with van der Waals surface area (Å²) in [5, 5.41) is 13.5. The van der Waals surface area contributed by atoms with Gasteiger partial charge >= 0.3 is 5.63 Å². The number of nitrogens with one attached hydrogen (secondary N) is 1. The Balaban J connectivity index is 1.91. The molecule has 1 amide bonds. The number of hydrogen-bond donors (Lipinski definition) is 1. The lowest BCUT2D eigenvalue weighted by Crippen LogP contribution is -2.43. The molecule has 0 bridgehead atoms. The van der Waals surface area contributed by atoms with Crippen LogP contribution in [0.1, 0.15) is 29.2 Å². The van der Waals surface area contributed by atoms with Crippen molar-refractivity contribution in [3.8, 4) is 5.75 Å². The minimum Gasteiger partial charge on any atom is -0.548 e. The maximum atomic E-state index is 12.7. The van der Waals surface area contributed by atoms with Crippen molar-refractivity contribution < 1.29 is 23.8 Å². The van der Waals surface area contributed by atoms with Crippen LogP contribution >= 0.6 is 0 Å². The number of carboxylic acid groups (broad SMARTS) is 1. The smallest absolute Gasteiger partial charge is 0.340 e. The number of carbonyl (C=O) groups excluding carboxylic acids is 2. The molecule has 1 aromatic heterocycles. The topological polar surface area (TPSA) is 109 Å². The summed E-state index contributed by atoms with van der Waals surface area (Å²) in [4.78, 5) is 35.1. The first kappa shape index (κ1) is 21.1. The summed E-state index contributed by atoms with van der Waals surface area (Å²) in [5.74, 6) is -1.60. The van der Waals surface area contributed by atoms with E-state index < -0.39 is 30.2 Å². The Labute approximate surface area is 173 Å². The second-order valence-electron chi connectivity index (χ2n) is 7.07. The molecule has 0 aliphatic heterocycles. The fourth-order valence-electron chi connectivity index (χ4n) is 3.25. The van der Waals surface area contributed by atoms with Gasteiger partial charge in [-0.25, -0.2) is 4.79 Å². The van der Waals surface area contributed by atoms with Gasteiger partial charge in [-0.15, -0.1) is 0 Å². The van der Waals surface area contributed by atoms with Gasteiger partial charge in [0.25, 0.3) is 5.91 Å². The van der Waals surface area contributed by atoms with E-state index in [9.17, 15) is 19.5 Å². The highest BCUT2D eigenvalue weighted by Crippen LogP contribution is 2.30. The second kappa shape index (κ2) is 8.82. The van der Waals surface area contributed by atoms with E-state index in [1.807, 2.05) is 37.3 Å². The van der Waals surface area contributed by atoms with Crippen LogP contribution < -0.4 is 20.8 Å². The van der Waals surface area contributed by atoms with Crippen molar-refractivity contribution >= 4 is 22.8 Å². The monoisotopic (exact) mass is 408 g/mol. The quantitative estimate of drug-likeness (QED) is 0.595. The third kappa shape index (κ3) is 4.51. The number of aliphatic carboxylic acids is 1. The molecule has 1 heterocycles. The molecule has 30 heavy (non-hydrogen) atoms. The molecular formula is C23H22NO6-. The number of fused-ring (bicyclic) bond motifs is 1. The van der Waals surface area contributed by atoms with E-state index in [0.29, 0.717) is 28.9 Å². The number of hydrogen-bond acceptors (Lipinski definition) is 6. The minimum atomic E-state index is -1.39. The highest BCUT2D eigenvalue weighted by atomic mass is 16.5. The molecule has 0 fully saturated rings. The van der Waals surface area contributed by atoms with Crippen molar-refractivity contribution in [2.75, 3.05) is 6.54 Å². The first-order chi connectivity index (χ1) is 14.3. The van der Waals surface area contributed by atoms with Gasteiger partial charge in [0.2, 0.25) is 0 Å². The maximum Gasteiger partial charge on any atom is 0.340 e. The SMILES string of the molecule is Cc1c(Cc2ccccc2)c(=O)oc2c(C)c(O[C@@H](C)C(=O)NCC(=O)[O-])ccc12. The molecule has 3 rings (SSSR count). The molecule has 1 atom stereocenters. The number of amides is 1. The first-order valence-corrected chi connectivity index (χ1v) is 9.52. The molecule has 7 nitrogen and oxygen atoms in total. The number of carboxylic acids is 1. The maximum absolute atomic E-state index is 12.7. The number of ether oxygens (including phenoxy) is 1. The van der Waals surface area contributed by atoms with Crippen LogP contribution in [0.25, 0.3) is 11.0 Å². The van der Waals surface area contributed by atoms with Crippen LogP contribution in [0.15, 0.2) is 51.7 Å². The van der Waals surface area contributed by atoms with E-state index in [4.69, 9.17) is 9.15 Å². The van der Waals surface area contributed by atoms with Crippen molar-refractivity contribution in [1.82, 2.24) is 5.32 Å². The lowest BCUT2D eigenvalue weighted by atomic mass is 9.98. The molecule has 156 valence electrons. The van der Waals surface area contributed by atoms with Crippen molar-refractivity contribution in [2.24, 2.45) is 0 Å². The van der Waals surface area contributed by atoms with E-state index in [-0.39, 0.29) is 0 Å². The molecule has 2 aromatic carbocycles. The van der Waals surface area contributed by atoms with Crippen molar-refractivity contribution in [2.45, 2.75) is 33.3 Å². The minimum absolute atomic E-state index is 0.372. The number of benzene rings is 2. The molecule has 0 unspecified atom stereocenters. The lowest BCUT2D eigenvalue weighted by Gasteiger charge is -2.17. The Morgan fingerprint density at radius 3 is 2.47 bits per heavy atom. The molecular weight excluding hydrogens is 386 g/mol. The number of aryl methyl sites for hydroxylation is 2. The van der Waals surface area contributed by atoms with E-state index in [2.05, 4.69) is 5.32 Å². The predicted octanol–water partition coefficient (Wildman–Crippen LogP) is 1.63. The van der Waals surface area contributed by atoms with Gasteiger partial charge in [-0.05, 0) is 44.0 Å². The molecule has 0 saturated carbocycles. The Hall–Kier alpha value is -3.61. The third-order valence-corrected chi connectivity index (χ3v) is 4.96. The number of carbonyl (C=O) groups is 2. The summed E-state index contributed by atoms with van der Waals surface area (Å²) in [6.07, 6.45) is -0.469. The van der Waals surface area contributed by atoms with E-state index in [0.717, 1.165) is 16.5 Å². The normalized spacial score (nSPS) is 11.8. The zero-order valence-corrected chi connectivity index (χ0v) is 17.0. The predicted molar refractivity (Wildman–Crippen MR) is 109 cm³/mol. The first-order valence-electron chi connectivity index (χ1n) is 9.52. The lowest BCUT2D eigenvalue weighted by molar-refractivity contribution is -0.304. The fraction of sp³-hybridized carbons (Fsp3) is 0.261. The highest BCUT2D eigenvalue weighted by Gasteiger charge is 2.19. The van der Waals surface area contributed by atoms with Crippen LogP contribution in [0.4, 0.5) is 0 Å². The average Bonchev–Trinajstić information content (AvgIpc) is 2.72. The third-order valence-electron chi connectivity index (χ3n) is 4.96. The summed E-state index contributed by atoms with van der Waals surface area (Å²) >= 11 is 0. The largest absolute Gasteiger partial charge is 0.548 e. The Morgan fingerprint density at radius 2 is 1.80 bits per heavy atom. The van der Waals surface area contributed by atoms with Crippen LogP contribution in [-0.2, 0) is 16.0 Å². The van der Waals surface area contributed by atoms with Gasteiger partial charge < -0.3 is 24.4 Å². The van der Waals surface area contributed by atoms with E-state index in [1.165, 1.54) is 6.92 Å². The summed E-state index contributed by atoms with van der Waals surface area (Å²) < 4.78 is 11.3. The molecule has 0 saturated heterocycles. The van der Waals surface area contributed by atoms with Crippen molar-refractivity contribution in [1.29, 1.82) is 0 Å². The van der Waals surface area contributed by atoms with Gasteiger partial charge in [0.05, 0.1) is 12.5 Å². The summed E-state index contributed by atoms with van der Waals surface area (Å²) in [6, 6.07) is 13.2. The second-order valence-corrected chi connectivity index (χ2v) is 7.07. The van der Waals surface area contributed by atoms with Crippen LogP contribution in [0, 0.1) is 13.8 Å². The van der Waals surface area contributed by atoms with Crippen LogP contribution in [0.2, 0.25) is 0 Å². The molecule has 0 radical (unpaired) electrons. The molecule has 0 spiro atoms. The fourth-order valence-corrected chi connectivity index (χ4v) is 3.25. The van der Waals surface area contributed by atoms with Crippen LogP contribution in [0.5, 0.6) is 5.75 Å². The van der Waals surface area contributed by atoms with Crippen LogP contribution in [-0.4, -0.2) is 24.5 Å². The summed E-state index contributed by atoms with van der Waals surface area (Å²) in [5.41, 5.74) is 3.01. The highest BCUT2D eigenvalue weighted by molar-refractivity contribution is 5.87. The molecule has 1 N–H and O–H groups in total. The van der Waals surface area contributed by atoms with Gasteiger partial charge in [-0.3, -0.25) is 4.79 Å². The Bertz CT molecular complexity index is 1150.